The third kappa shape index (κ3) is 7.63. The van der Waals surface area contributed by atoms with Gasteiger partial charge in [-0.2, -0.15) is 11.8 Å². The Kier molecular flexibility index (Phi) is 10.2. The van der Waals surface area contributed by atoms with Gasteiger partial charge in [-0.15, -0.1) is 0 Å². The van der Waals surface area contributed by atoms with Gasteiger partial charge in [0.15, 0.2) is 0 Å². The second-order valence-corrected chi connectivity index (χ2v) is 6.23. The third-order valence-electron chi connectivity index (χ3n) is 2.94. The molecule has 0 heterocycles. The highest BCUT2D eigenvalue weighted by molar-refractivity contribution is 7.99. The monoisotopic (exact) mass is 311 g/mol. The first-order chi connectivity index (χ1) is 10.3. The van der Waals surface area contributed by atoms with Crippen molar-refractivity contribution in [2.45, 2.75) is 40.2 Å². The predicted octanol–water partition coefficient (Wildman–Crippen LogP) is 4.11. The van der Waals surface area contributed by atoms with E-state index in [9.17, 15) is 0 Å². The molecule has 1 rings (SSSR count). The summed E-state index contributed by atoms with van der Waals surface area (Å²) in [4.78, 5) is 0. The highest BCUT2D eigenvalue weighted by Crippen LogP contribution is 2.25. The van der Waals surface area contributed by atoms with Crippen LogP contribution in [-0.4, -0.2) is 31.3 Å². The fourth-order valence-corrected chi connectivity index (χ4v) is 2.37. The third-order valence-corrected chi connectivity index (χ3v) is 3.81. The van der Waals surface area contributed by atoms with E-state index in [1.165, 1.54) is 5.56 Å². The van der Waals surface area contributed by atoms with E-state index in [1.54, 1.807) is 0 Å². The highest BCUT2D eigenvalue weighted by Gasteiger charge is 2.06. The number of hydrogen-bond acceptors (Lipinski definition) is 4. The van der Waals surface area contributed by atoms with Gasteiger partial charge >= 0.3 is 0 Å². The van der Waals surface area contributed by atoms with Gasteiger partial charge in [-0.1, -0.05) is 26.8 Å². The zero-order valence-corrected chi connectivity index (χ0v) is 14.4. The van der Waals surface area contributed by atoms with Gasteiger partial charge in [-0.05, 0) is 31.2 Å². The summed E-state index contributed by atoms with van der Waals surface area (Å²) in [5.41, 5.74) is 1.20. The summed E-state index contributed by atoms with van der Waals surface area (Å²) in [7, 11) is 0. The molecule has 0 amide bonds. The molecule has 4 heteroatoms. The number of ether oxygens (including phenoxy) is 2. The van der Waals surface area contributed by atoms with Crippen molar-refractivity contribution in [3.8, 4) is 11.5 Å². The molecule has 120 valence electrons. The van der Waals surface area contributed by atoms with Crippen LogP contribution in [0.1, 0.15) is 39.2 Å². The Bertz CT molecular complexity index is 385. The average molecular weight is 311 g/mol. The molecule has 0 aromatic heterocycles. The van der Waals surface area contributed by atoms with E-state index in [1.807, 2.05) is 23.9 Å². The van der Waals surface area contributed by atoms with Gasteiger partial charge in [-0.3, -0.25) is 0 Å². The molecule has 0 unspecified atom stereocenters. The first-order valence-corrected chi connectivity index (χ1v) is 9.14. The van der Waals surface area contributed by atoms with Crippen LogP contribution in [0.3, 0.4) is 0 Å². The van der Waals surface area contributed by atoms with Crippen LogP contribution >= 0.6 is 11.8 Å². The molecule has 0 aliphatic heterocycles. The quantitative estimate of drug-likeness (QED) is 0.589. The maximum Gasteiger partial charge on any atom is 0.127 e. The van der Waals surface area contributed by atoms with Crippen molar-refractivity contribution in [1.82, 2.24) is 5.32 Å². The average Bonchev–Trinajstić information content (AvgIpc) is 2.51. The SMILES string of the molecule is CCCNCc1ccc(OCCC)cc1OCCSCC. The minimum atomic E-state index is 0.747. The van der Waals surface area contributed by atoms with Gasteiger partial charge in [0.25, 0.3) is 0 Å². The topological polar surface area (TPSA) is 30.5 Å². The van der Waals surface area contributed by atoms with Crippen molar-refractivity contribution < 1.29 is 9.47 Å². The van der Waals surface area contributed by atoms with Crippen molar-refractivity contribution in [3.05, 3.63) is 23.8 Å². The first-order valence-electron chi connectivity index (χ1n) is 7.98. The van der Waals surface area contributed by atoms with Crippen LogP contribution in [0.5, 0.6) is 11.5 Å². The van der Waals surface area contributed by atoms with Crippen molar-refractivity contribution in [3.63, 3.8) is 0 Å². The Hall–Kier alpha value is -0.870. The first kappa shape index (κ1) is 18.2. The molecule has 0 aliphatic carbocycles. The minimum Gasteiger partial charge on any atom is -0.493 e. The summed E-state index contributed by atoms with van der Waals surface area (Å²) in [5.74, 6) is 4.00. The molecule has 21 heavy (non-hydrogen) atoms. The summed E-state index contributed by atoms with van der Waals surface area (Å²) in [5, 5.41) is 3.43. The fourth-order valence-electron chi connectivity index (χ4n) is 1.88. The minimum absolute atomic E-state index is 0.747. The van der Waals surface area contributed by atoms with Crippen molar-refractivity contribution in [2.24, 2.45) is 0 Å². The van der Waals surface area contributed by atoms with Crippen LogP contribution in [0.15, 0.2) is 18.2 Å². The largest absolute Gasteiger partial charge is 0.493 e. The molecule has 1 N–H and O–H groups in total. The molecule has 0 atom stereocenters. The van der Waals surface area contributed by atoms with Gasteiger partial charge in [0.2, 0.25) is 0 Å². The van der Waals surface area contributed by atoms with E-state index < -0.39 is 0 Å². The standard InChI is InChI=1S/C17H29NO2S/c1-4-9-18-14-15-7-8-16(19-10-5-2)13-17(15)20-11-12-21-6-3/h7-8,13,18H,4-6,9-12,14H2,1-3H3. The lowest BCUT2D eigenvalue weighted by molar-refractivity contribution is 0.308. The van der Waals surface area contributed by atoms with Crippen molar-refractivity contribution in [1.29, 1.82) is 0 Å². The summed E-state index contributed by atoms with van der Waals surface area (Å²) in [6.45, 7) is 9.83. The maximum absolute atomic E-state index is 5.95. The van der Waals surface area contributed by atoms with Gasteiger partial charge in [0.05, 0.1) is 13.2 Å². The zero-order valence-electron chi connectivity index (χ0n) is 13.6. The van der Waals surface area contributed by atoms with Gasteiger partial charge in [0, 0.05) is 23.9 Å². The van der Waals surface area contributed by atoms with Crippen LogP contribution < -0.4 is 14.8 Å². The lowest BCUT2D eigenvalue weighted by atomic mass is 10.2. The summed E-state index contributed by atoms with van der Waals surface area (Å²) in [6.07, 6.45) is 2.16. The van der Waals surface area contributed by atoms with Crippen LogP contribution in [-0.2, 0) is 6.54 Å². The Morgan fingerprint density at radius 3 is 2.62 bits per heavy atom. The van der Waals surface area contributed by atoms with Gasteiger partial charge in [-0.25, -0.2) is 0 Å². The van der Waals surface area contributed by atoms with Crippen molar-refractivity contribution in [2.75, 3.05) is 31.3 Å². The molecule has 0 radical (unpaired) electrons. The van der Waals surface area contributed by atoms with E-state index in [0.717, 1.165) is 62.1 Å². The Morgan fingerprint density at radius 1 is 1.05 bits per heavy atom. The zero-order chi connectivity index (χ0) is 15.3. The highest BCUT2D eigenvalue weighted by atomic mass is 32.2. The van der Waals surface area contributed by atoms with E-state index in [-0.39, 0.29) is 0 Å². The number of benzene rings is 1. The molecular formula is C17H29NO2S. The number of hydrogen-bond donors (Lipinski definition) is 1. The number of thioether (sulfide) groups is 1. The van der Waals surface area contributed by atoms with Crippen LogP contribution in [0.25, 0.3) is 0 Å². The lowest BCUT2D eigenvalue weighted by Crippen LogP contribution is -2.15. The Morgan fingerprint density at radius 2 is 1.90 bits per heavy atom. The van der Waals surface area contributed by atoms with E-state index in [4.69, 9.17) is 9.47 Å². The summed E-state index contributed by atoms with van der Waals surface area (Å²) >= 11 is 1.90. The normalized spacial score (nSPS) is 10.6. The smallest absolute Gasteiger partial charge is 0.127 e. The van der Waals surface area contributed by atoms with Crippen LogP contribution in [0.4, 0.5) is 0 Å². The Balaban J connectivity index is 2.64. The summed E-state index contributed by atoms with van der Waals surface area (Å²) < 4.78 is 11.6. The fraction of sp³-hybridized carbons (Fsp3) is 0.647. The van der Waals surface area contributed by atoms with Crippen LogP contribution in [0.2, 0.25) is 0 Å². The molecular weight excluding hydrogens is 282 g/mol. The predicted molar refractivity (Wildman–Crippen MR) is 92.7 cm³/mol. The number of nitrogens with one attached hydrogen (secondary N) is 1. The van der Waals surface area contributed by atoms with E-state index in [2.05, 4.69) is 32.2 Å². The molecule has 0 spiro atoms. The molecule has 0 bridgehead atoms. The van der Waals surface area contributed by atoms with Crippen LogP contribution in [0, 0.1) is 0 Å². The second kappa shape index (κ2) is 11.8. The lowest BCUT2D eigenvalue weighted by Gasteiger charge is -2.14. The van der Waals surface area contributed by atoms with Crippen molar-refractivity contribution >= 4 is 11.8 Å². The summed E-state index contributed by atoms with van der Waals surface area (Å²) in [6, 6.07) is 6.16. The van der Waals surface area contributed by atoms with Gasteiger partial charge in [0.1, 0.15) is 11.5 Å². The maximum atomic E-state index is 5.95. The molecule has 0 saturated heterocycles. The molecule has 3 nitrogen and oxygen atoms in total. The van der Waals surface area contributed by atoms with Gasteiger partial charge < -0.3 is 14.8 Å². The second-order valence-electron chi connectivity index (χ2n) is 4.84. The Labute approximate surface area is 133 Å². The van der Waals surface area contributed by atoms with E-state index >= 15 is 0 Å². The van der Waals surface area contributed by atoms with E-state index in [0.29, 0.717) is 0 Å². The molecule has 1 aromatic carbocycles. The molecule has 0 fully saturated rings. The molecule has 1 aromatic rings. The molecule has 0 aliphatic rings. The number of rotatable bonds is 12. The molecule has 0 saturated carbocycles.